The smallest absolute Gasteiger partial charge is 0.410 e. The molecular weight excluding hydrogens is 580 g/mol. The second-order valence-electron chi connectivity index (χ2n) is 12.4. The summed E-state index contributed by atoms with van der Waals surface area (Å²) in [7, 11) is 2.14. The number of benzene rings is 1. The van der Waals surface area contributed by atoms with E-state index in [1.165, 1.54) is 6.42 Å². The number of carbonyl (C=O) groups is 1. The predicted octanol–water partition coefficient (Wildman–Crippen LogP) is 4.51. The van der Waals surface area contributed by atoms with Gasteiger partial charge in [0.1, 0.15) is 30.9 Å². The molecule has 0 radical (unpaired) electrons. The Kier molecular flexibility index (Phi) is 8.62. The van der Waals surface area contributed by atoms with Crippen molar-refractivity contribution >= 4 is 23.2 Å². The van der Waals surface area contributed by atoms with Crippen molar-refractivity contribution in [3.8, 4) is 6.01 Å². The van der Waals surface area contributed by atoms with E-state index in [1.54, 1.807) is 4.90 Å². The fraction of sp³-hybridized carbons (Fsp3) is 0.429. The van der Waals surface area contributed by atoms with Crippen molar-refractivity contribution in [2.24, 2.45) is 0 Å². The number of rotatable bonds is 8. The Morgan fingerprint density at radius 3 is 2.67 bits per heavy atom. The number of anilines is 2. The van der Waals surface area contributed by atoms with Crippen LogP contribution in [0.3, 0.4) is 0 Å². The molecule has 238 valence electrons. The summed E-state index contributed by atoms with van der Waals surface area (Å²) >= 11 is 0. The van der Waals surface area contributed by atoms with Crippen LogP contribution in [0.5, 0.6) is 6.01 Å². The Morgan fingerprint density at radius 2 is 1.85 bits per heavy atom. The van der Waals surface area contributed by atoms with Crippen molar-refractivity contribution in [3.63, 3.8) is 0 Å². The molecule has 11 heteroatoms. The van der Waals surface area contributed by atoms with Gasteiger partial charge < -0.3 is 33.4 Å². The van der Waals surface area contributed by atoms with E-state index < -0.39 is 0 Å². The van der Waals surface area contributed by atoms with Gasteiger partial charge in [0, 0.05) is 49.5 Å². The number of pyridine rings is 1. The van der Waals surface area contributed by atoms with Gasteiger partial charge in [0.15, 0.2) is 0 Å². The molecule has 0 bridgehead atoms. The summed E-state index contributed by atoms with van der Waals surface area (Å²) in [5, 5.41) is 0. The molecule has 4 aromatic rings. The van der Waals surface area contributed by atoms with Gasteiger partial charge in [-0.05, 0) is 62.7 Å². The van der Waals surface area contributed by atoms with Crippen molar-refractivity contribution in [1.29, 1.82) is 0 Å². The Hall–Kier alpha value is -4.82. The summed E-state index contributed by atoms with van der Waals surface area (Å²) in [6, 6.07) is 20.6. The maximum Gasteiger partial charge on any atom is 0.410 e. The summed E-state index contributed by atoms with van der Waals surface area (Å²) in [4.78, 5) is 35.5. The lowest BCUT2D eigenvalue weighted by Gasteiger charge is -2.40. The maximum atomic E-state index is 13.2. The number of hydrogen-bond acceptors (Lipinski definition) is 8. The van der Waals surface area contributed by atoms with Crippen molar-refractivity contribution in [2.45, 2.75) is 44.5 Å². The first-order valence-corrected chi connectivity index (χ1v) is 16.2. The normalized spacial score (nSPS) is 20.0. The topological polar surface area (TPSA) is 83.0 Å². The molecule has 11 nitrogen and oxygen atoms in total. The van der Waals surface area contributed by atoms with Gasteiger partial charge in [-0.15, -0.1) is 0 Å². The quantitative estimate of drug-likeness (QED) is 0.266. The number of fused-ring (bicyclic) bond motifs is 2. The molecule has 0 N–H and O–H groups in total. The van der Waals surface area contributed by atoms with Gasteiger partial charge in [-0.1, -0.05) is 36.4 Å². The summed E-state index contributed by atoms with van der Waals surface area (Å²) in [5.74, 6) is 1.98. The molecule has 0 spiro atoms. The number of amides is 1. The molecule has 1 aromatic carbocycles. The van der Waals surface area contributed by atoms with Crippen molar-refractivity contribution in [1.82, 2.24) is 24.2 Å². The fourth-order valence-electron chi connectivity index (χ4n) is 6.93. The molecule has 6 heterocycles. The van der Waals surface area contributed by atoms with E-state index in [4.69, 9.17) is 26.0 Å². The number of piperazine rings is 1. The summed E-state index contributed by atoms with van der Waals surface area (Å²) in [6.07, 6.45) is 4.76. The molecule has 0 unspecified atom stereocenters. The zero-order valence-corrected chi connectivity index (χ0v) is 26.3. The molecule has 0 saturated carbocycles. The average Bonchev–Trinajstić information content (AvgIpc) is 3.75. The van der Waals surface area contributed by atoms with Crippen LogP contribution < -0.4 is 14.5 Å². The van der Waals surface area contributed by atoms with Gasteiger partial charge in [-0.3, -0.25) is 4.90 Å². The molecule has 3 aromatic heterocycles. The van der Waals surface area contributed by atoms with E-state index in [1.807, 2.05) is 30.3 Å². The van der Waals surface area contributed by atoms with Gasteiger partial charge >= 0.3 is 12.1 Å². The molecule has 1 amide bonds. The minimum atomic E-state index is -0.388. The van der Waals surface area contributed by atoms with Crippen molar-refractivity contribution in [3.05, 3.63) is 95.1 Å². The monoisotopic (exact) mass is 620 g/mol. The molecule has 46 heavy (non-hydrogen) atoms. The summed E-state index contributed by atoms with van der Waals surface area (Å²) < 4.78 is 14.2. The molecule has 3 aliphatic heterocycles. The number of likely N-dealkylation sites (tertiary alicyclic amines) is 1. The Labute approximate surface area is 269 Å². The van der Waals surface area contributed by atoms with Gasteiger partial charge in [-0.2, -0.15) is 9.97 Å². The van der Waals surface area contributed by atoms with Crippen LogP contribution >= 0.6 is 0 Å². The zero-order chi connectivity index (χ0) is 31.5. The largest absolute Gasteiger partial charge is 0.462 e. The van der Waals surface area contributed by atoms with Gasteiger partial charge in [-0.25, -0.2) is 11.4 Å². The van der Waals surface area contributed by atoms with Crippen molar-refractivity contribution < 1.29 is 14.3 Å². The average molecular weight is 621 g/mol. The Morgan fingerprint density at radius 1 is 0.978 bits per heavy atom. The second-order valence-corrected chi connectivity index (χ2v) is 12.4. The van der Waals surface area contributed by atoms with Crippen molar-refractivity contribution in [2.75, 3.05) is 62.7 Å². The third-order valence-corrected chi connectivity index (χ3v) is 9.49. The SMILES string of the molecule is [C-]#[N+]C[C@H]1CN(c2nc(OC[C@@H]3CCCN3C)nc3c2CCN(c2cccc4cccn24)C3)CCN1C(=O)OCc1ccccc1. The highest BCUT2D eigenvalue weighted by Gasteiger charge is 2.36. The lowest BCUT2D eigenvalue weighted by atomic mass is 10.0. The first-order valence-electron chi connectivity index (χ1n) is 16.2. The lowest BCUT2D eigenvalue weighted by molar-refractivity contribution is 0.0788. The van der Waals surface area contributed by atoms with Gasteiger partial charge in [0.2, 0.25) is 6.54 Å². The van der Waals surface area contributed by atoms with Crippen LogP contribution in [0.4, 0.5) is 16.4 Å². The van der Waals surface area contributed by atoms with Crippen LogP contribution in [-0.4, -0.2) is 95.3 Å². The third kappa shape index (κ3) is 6.17. The number of aromatic nitrogens is 3. The lowest BCUT2D eigenvalue weighted by Crippen LogP contribution is -2.57. The van der Waals surface area contributed by atoms with E-state index in [0.29, 0.717) is 44.8 Å². The highest BCUT2D eigenvalue weighted by Crippen LogP contribution is 2.33. The molecule has 2 fully saturated rings. The first kappa shape index (κ1) is 29.9. The van der Waals surface area contributed by atoms with Crippen LogP contribution in [0.15, 0.2) is 66.9 Å². The van der Waals surface area contributed by atoms with E-state index in [-0.39, 0.29) is 25.3 Å². The maximum absolute atomic E-state index is 13.2. The second kappa shape index (κ2) is 13.3. The first-order chi connectivity index (χ1) is 22.6. The van der Waals surface area contributed by atoms with E-state index in [0.717, 1.165) is 59.9 Å². The zero-order valence-electron chi connectivity index (χ0n) is 26.3. The number of nitrogens with zero attached hydrogens (tertiary/aromatic N) is 8. The Balaban J connectivity index is 1.14. The highest BCUT2D eigenvalue weighted by atomic mass is 16.6. The fourth-order valence-corrected chi connectivity index (χ4v) is 6.93. The third-order valence-electron chi connectivity index (χ3n) is 9.49. The predicted molar refractivity (Wildman–Crippen MR) is 176 cm³/mol. The highest BCUT2D eigenvalue weighted by molar-refractivity contribution is 5.69. The van der Waals surface area contributed by atoms with E-state index in [2.05, 4.69) is 67.5 Å². The molecule has 2 atom stereocenters. The van der Waals surface area contributed by atoms with Crippen LogP contribution in [0, 0.1) is 6.57 Å². The molecular formula is C35H40N8O3. The number of hydrogen-bond donors (Lipinski definition) is 0. The van der Waals surface area contributed by atoms with E-state index >= 15 is 0 Å². The van der Waals surface area contributed by atoms with E-state index in [9.17, 15) is 4.79 Å². The number of ether oxygens (including phenoxy) is 2. The number of likely N-dealkylation sites (N-methyl/N-ethyl adjacent to an activating group) is 1. The summed E-state index contributed by atoms with van der Waals surface area (Å²) in [6.45, 7) is 12.6. The molecule has 7 rings (SSSR count). The standard InChI is InChI=1S/C35H40N8O3/c1-36-21-29-22-41(19-20-43(29)35(44)46-24-26-9-4-3-5-10-26)33-30-15-18-40(32-14-6-11-27-12-8-17-42(27)32)23-31(30)37-34(38-33)45-25-28-13-7-16-39(28)2/h3-6,8-12,14,17,28-29H,7,13,15-16,18-25H2,2H3/t28-,29-/m0/s1. The summed E-state index contributed by atoms with van der Waals surface area (Å²) in [5.41, 5.74) is 4.16. The molecule has 3 aliphatic rings. The van der Waals surface area contributed by atoms with Crippen LogP contribution in [0.25, 0.3) is 10.4 Å². The van der Waals surface area contributed by atoms with Gasteiger partial charge in [0.25, 0.3) is 0 Å². The Bertz CT molecular complexity index is 1720. The molecule has 0 aliphatic carbocycles. The van der Waals surface area contributed by atoms with Crippen LogP contribution in [0.2, 0.25) is 0 Å². The minimum Gasteiger partial charge on any atom is -0.462 e. The minimum absolute atomic E-state index is 0.191. The molecule has 2 saturated heterocycles. The van der Waals surface area contributed by atoms with Crippen LogP contribution in [0.1, 0.15) is 29.7 Å². The number of carbonyl (C=O) groups excluding carboxylic acids is 1. The van der Waals surface area contributed by atoms with Crippen LogP contribution in [-0.2, 0) is 24.3 Å². The van der Waals surface area contributed by atoms with Gasteiger partial charge in [0.05, 0.1) is 12.2 Å².